The maximum atomic E-state index is 5.81. The number of nitrogen functional groups attached to an aromatic ring is 1. The molecule has 0 saturated heterocycles. The van der Waals surface area contributed by atoms with Crippen LogP contribution in [0.1, 0.15) is 57.4 Å². The Morgan fingerprint density at radius 3 is 2.70 bits per heavy atom. The second-order valence-electron chi connectivity index (χ2n) is 6.11. The van der Waals surface area contributed by atoms with E-state index in [-0.39, 0.29) is 0 Å². The van der Waals surface area contributed by atoms with E-state index >= 15 is 0 Å². The van der Waals surface area contributed by atoms with E-state index in [0.29, 0.717) is 11.9 Å². The van der Waals surface area contributed by atoms with Crippen molar-refractivity contribution in [3.05, 3.63) is 23.9 Å². The summed E-state index contributed by atoms with van der Waals surface area (Å²) >= 11 is 0. The molecule has 112 valence electrons. The van der Waals surface area contributed by atoms with Gasteiger partial charge in [-0.2, -0.15) is 0 Å². The highest BCUT2D eigenvalue weighted by Crippen LogP contribution is 2.27. The molecule has 0 radical (unpaired) electrons. The van der Waals surface area contributed by atoms with Crippen molar-refractivity contribution in [1.82, 2.24) is 10.3 Å². The summed E-state index contributed by atoms with van der Waals surface area (Å²) in [6.45, 7) is 3.35. The van der Waals surface area contributed by atoms with Gasteiger partial charge in [-0.05, 0) is 55.8 Å². The first-order valence-electron chi connectivity index (χ1n) is 8.23. The molecule has 2 rings (SSSR count). The molecule has 20 heavy (non-hydrogen) atoms. The smallest absolute Gasteiger partial charge is 0.123 e. The average molecular weight is 275 g/mol. The van der Waals surface area contributed by atoms with Gasteiger partial charge >= 0.3 is 0 Å². The van der Waals surface area contributed by atoms with Crippen LogP contribution >= 0.6 is 0 Å². The van der Waals surface area contributed by atoms with E-state index in [2.05, 4.69) is 23.3 Å². The minimum Gasteiger partial charge on any atom is -0.384 e. The van der Waals surface area contributed by atoms with Crippen LogP contribution in [0.15, 0.2) is 18.3 Å². The van der Waals surface area contributed by atoms with Gasteiger partial charge in [-0.25, -0.2) is 4.98 Å². The third-order valence-corrected chi connectivity index (χ3v) is 4.43. The number of nitrogens with two attached hydrogens (primary N) is 1. The minimum atomic E-state index is 0.592. The number of aromatic nitrogens is 1. The lowest BCUT2D eigenvalue weighted by Crippen LogP contribution is -2.38. The van der Waals surface area contributed by atoms with Gasteiger partial charge in [0, 0.05) is 12.2 Å². The number of hydrogen-bond acceptors (Lipinski definition) is 3. The van der Waals surface area contributed by atoms with Crippen molar-refractivity contribution >= 4 is 5.82 Å². The maximum Gasteiger partial charge on any atom is 0.123 e. The molecule has 0 aliphatic heterocycles. The zero-order valence-electron chi connectivity index (χ0n) is 12.8. The van der Waals surface area contributed by atoms with Crippen molar-refractivity contribution in [2.24, 2.45) is 5.92 Å². The van der Waals surface area contributed by atoms with Gasteiger partial charge in [0.15, 0.2) is 0 Å². The summed E-state index contributed by atoms with van der Waals surface area (Å²) in [4.78, 5) is 4.09. The molecular formula is C17H29N3. The average Bonchev–Trinajstić information content (AvgIpc) is 2.72. The Balaban J connectivity index is 2.01. The molecule has 1 fully saturated rings. The molecule has 1 aliphatic carbocycles. The van der Waals surface area contributed by atoms with Crippen LogP contribution in [-0.2, 0) is 6.42 Å². The quantitative estimate of drug-likeness (QED) is 0.781. The highest BCUT2D eigenvalue weighted by molar-refractivity contribution is 5.32. The standard InChI is InChI=1S/C17H29N3/c1-2-10-19-16(15-7-5-3-4-6-8-15)12-14-9-11-20-17(18)13-14/h9,11,13,15-16,19H,2-8,10,12H2,1H3,(H2,18,20). The lowest BCUT2D eigenvalue weighted by Gasteiger charge is -2.27. The van der Waals surface area contributed by atoms with Crippen molar-refractivity contribution in [1.29, 1.82) is 0 Å². The molecule has 3 N–H and O–H groups in total. The van der Waals surface area contributed by atoms with Crippen LogP contribution in [0.2, 0.25) is 0 Å². The number of hydrogen-bond donors (Lipinski definition) is 2. The second kappa shape index (κ2) is 8.25. The summed E-state index contributed by atoms with van der Waals surface area (Å²) in [6.07, 6.45) is 12.5. The summed E-state index contributed by atoms with van der Waals surface area (Å²) in [5.41, 5.74) is 7.12. The molecule has 1 aromatic rings. The first kappa shape index (κ1) is 15.3. The third-order valence-electron chi connectivity index (χ3n) is 4.43. The molecule has 0 spiro atoms. The van der Waals surface area contributed by atoms with Gasteiger partial charge in [-0.3, -0.25) is 0 Å². The van der Waals surface area contributed by atoms with E-state index in [1.165, 1.54) is 50.5 Å². The highest BCUT2D eigenvalue weighted by atomic mass is 14.9. The molecule has 3 nitrogen and oxygen atoms in total. The molecule has 1 aromatic heterocycles. The van der Waals surface area contributed by atoms with Crippen LogP contribution in [0, 0.1) is 5.92 Å². The van der Waals surface area contributed by atoms with E-state index in [0.717, 1.165) is 18.9 Å². The van der Waals surface area contributed by atoms with Gasteiger partial charge in [-0.15, -0.1) is 0 Å². The summed E-state index contributed by atoms with van der Waals surface area (Å²) in [5.74, 6) is 1.45. The predicted octanol–water partition coefficient (Wildman–Crippen LogP) is 3.54. The fourth-order valence-corrected chi connectivity index (χ4v) is 3.32. The van der Waals surface area contributed by atoms with E-state index < -0.39 is 0 Å². The molecular weight excluding hydrogens is 246 g/mol. The van der Waals surface area contributed by atoms with Crippen LogP contribution < -0.4 is 11.1 Å². The van der Waals surface area contributed by atoms with E-state index in [4.69, 9.17) is 5.73 Å². The molecule has 3 heteroatoms. The zero-order chi connectivity index (χ0) is 14.2. The molecule has 0 aromatic carbocycles. The SMILES string of the molecule is CCCNC(Cc1ccnc(N)c1)C1CCCCCC1. The Labute approximate surface area is 123 Å². The van der Waals surface area contributed by atoms with Crippen LogP contribution in [0.4, 0.5) is 5.82 Å². The number of nitrogens with zero attached hydrogens (tertiary/aromatic N) is 1. The van der Waals surface area contributed by atoms with Crippen molar-refractivity contribution in [3.8, 4) is 0 Å². The summed E-state index contributed by atoms with van der Waals surface area (Å²) < 4.78 is 0. The van der Waals surface area contributed by atoms with Gasteiger partial charge in [0.1, 0.15) is 5.82 Å². The summed E-state index contributed by atoms with van der Waals surface area (Å²) in [6, 6.07) is 4.72. The van der Waals surface area contributed by atoms with E-state index in [1.807, 2.05) is 12.3 Å². The van der Waals surface area contributed by atoms with Crippen molar-refractivity contribution in [2.75, 3.05) is 12.3 Å². The van der Waals surface area contributed by atoms with Crippen molar-refractivity contribution < 1.29 is 0 Å². The third kappa shape index (κ3) is 4.78. The summed E-state index contributed by atoms with van der Waals surface area (Å²) in [7, 11) is 0. The number of nitrogens with one attached hydrogen (secondary N) is 1. The Hall–Kier alpha value is -1.09. The zero-order valence-corrected chi connectivity index (χ0v) is 12.8. The molecule has 1 heterocycles. The Bertz CT molecular complexity index is 384. The minimum absolute atomic E-state index is 0.592. The number of rotatable bonds is 6. The maximum absolute atomic E-state index is 5.81. The van der Waals surface area contributed by atoms with Crippen LogP contribution in [-0.4, -0.2) is 17.6 Å². The van der Waals surface area contributed by atoms with E-state index in [9.17, 15) is 0 Å². The second-order valence-corrected chi connectivity index (χ2v) is 6.11. The van der Waals surface area contributed by atoms with Crippen LogP contribution in [0.3, 0.4) is 0 Å². The molecule has 1 saturated carbocycles. The monoisotopic (exact) mass is 275 g/mol. The molecule has 1 atom stereocenters. The molecule has 1 unspecified atom stereocenters. The fraction of sp³-hybridized carbons (Fsp3) is 0.706. The number of anilines is 1. The predicted molar refractivity (Wildman–Crippen MR) is 85.6 cm³/mol. The fourth-order valence-electron chi connectivity index (χ4n) is 3.32. The van der Waals surface area contributed by atoms with Gasteiger partial charge in [0.2, 0.25) is 0 Å². The first-order valence-corrected chi connectivity index (χ1v) is 8.23. The largest absolute Gasteiger partial charge is 0.384 e. The van der Waals surface area contributed by atoms with Gasteiger partial charge in [0.05, 0.1) is 0 Å². The first-order chi connectivity index (χ1) is 9.79. The lowest BCUT2D eigenvalue weighted by molar-refractivity contribution is 0.317. The molecule has 0 amide bonds. The van der Waals surface area contributed by atoms with Crippen molar-refractivity contribution in [3.63, 3.8) is 0 Å². The van der Waals surface area contributed by atoms with Gasteiger partial charge in [0.25, 0.3) is 0 Å². The Morgan fingerprint density at radius 1 is 1.30 bits per heavy atom. The topological polar surface area (TPSA) is 50.9 Å². The van der Waals surface area contributed by atoms with Crippen LogP contribution in [0.5, 0.6) is 0 Å². The Kier molecular flexibility index (Phi) is 6.31. The highest BCUT2D eigenvalue weighted by Gasteiger charge is 2.22. The lowest BCUT2D eigenvalue weighted by atomic mass is 9.87. The Morgan fingerprint density at radius 2 is 2.05 bits per heavy atom. The molecule has 0 bridgehead atoms. The molecule has 1 aliphatic rings. The van der Waals surface area contributed by atoms with Gasteiger partial charge < -0.3 is 11.1 Å². The number of pyridine rings is 1. The normalized spacial score (nSPS) is 18.6. The summed E-state index contributed by atoms with van der Waals surface area (Å²) in [5, 5.41) is 3.77. The van der Waals surface area contributed by atoms with Crippen molar-refractivity contribution in [2.45, 2.75) is 64.3 Å². The van der Waals surface area contributed by atoms with Crippen LogP contribution in [0.25, 0.3) is 0 Å². The van der Waals surface area contributed by atoms with Gasteiger partial charge in [-0.1, -0.05) is 32.6 Å². The van der Waals surface area contributed by atoms with E-state index in [1.54, 1.807) is 0 Å².